The standard InChI is InChI=1S/C13H12/c1-3-5-7-9-11-13-12-10-8-6-4-2/h3-7,9,11H,1H2,2H3/b6-4-,7-5+,11-9-. The zero-order chi connectivity index (χ0) is 9.78. The maximum Gasteiger partial charge on any atom is -0.0102 e. The van der Waals surface area contributed by atoms with Gasteiger partial charge in [0.15, 0.2) is 0 Å². The highest BCUT2D eigenvalue weighted by atomic mass is 13.6. The van der Waals surface area contributed by atoms with E-state index in [1.165, 1.54) is 0 Å². The zero-order valence-corrected chi connectivity index (χ0v) is 7.75. The molecule has 0 heteroatoms. The van der Waals surface area contributed by atoms with Gasteiger partial charge in [0.2, 0.25) is 0 Å². The lowest BCUT2D eigenvalue weighted by molar-refractivity contribution is 1.76. The largest absolute Gasteiger partial charge is 0.0991 e. The molecular weight excluding hydrogens is 156 g/mol. The van der Waals surface area contributed by atoms with E-state index in [0.29, 0.717) is 0 Å². The first kappa shape index (κ1) is 11.1. The minimum absolute atomic E-state index is 1.71. The molecule has 0 aliphatic rings. The topological polar surface area (TPSA) is 0 Å². The molecular formula is C13H12. The van der Waals surface area contributed by atoms with Crippen molar-refractivity contribution in [2.45, 2.75) is 6.92 Å². The summed E-state index contributed by atoms with van der Waals surface area (Å²) >= 11 is 0. The van der Waals surface area contributed by atoms with Crippen LogP contribution in [0.5, 0.6) is 0 Å². The second-order valence-electron chi connectivity index (χ2n) is 2.02. The van der Waals surface area contributed by atoms with Crippen LogP contribution >= 0.6 is 0 Å². The normalized spacial score (nSPS) is 9.62. The Morgan fingerprint density at radius 3 is 2.23 bits per heavy atom. The second kappa shape index (κ2) is 10.1. The van der Waals surface area contributed by atoms with Gasteiger partial charge in [-0.2, -0.15) is 0 Å². The molecule has 0 saturated carbocycles. The summed E-state index contributed by atoms with van der Waals surface area (Å²) in [6.07, 6.45) is 12.6. The van der Waals surface area contributed by atoms with Crippen LogP contribution in [0.2, 0.25) is 0 Å². The molecule has 0 amide bonds. The minimum Gasteiger partial charge on any atom is -0.0991 e. The van der Waals surface area contributed by atoms with Gasteiger partial charge in [0.05, 0.1) is 0 Å². The maximum atomic E-state index is 3.54. The molecule has 0 N–H and O–H groups in total. The first-order valence-electron chi connectivity index (χ1n) is 3.98. The first-order valence-corrected chi connectivity index (χ1v) is 3.98. The number of hydrogen-bond acceptors (Lipinski definition) is 0. The summed E-state index contributed by atoms with van der Waals surface area (Å²) in [6, 6.07) is 0. The fraction of sp³-hybridized carbons (Fsp3) is 0.0769. The van der Waals surface area contributed by atoms with Gasteiger partial charge in [-0.1, -0.05) is 48.8 Å². The van der Waals surface area contributed by atoms with Gasteiger partial charge >= 0.3 is 0 Å². The van der Waals surface area contributed by atoms with E-state index in [2.05, 4.69) is 30.3 Å². The molecule has 0 bridgehead atoms. The van der Waals surface area contributed by atoms with Crippen molar-refractivity contribution in [3.63, 3.8) is 0 Å². The van der Waals surface area contributed by atoms with E-state index in [1.807, 2.05) is 31.2 Å². The summed E-state index contributed by atoms with van der Waals surface area (Å²) in [7, 11) is 0. The fourth-order valence-electron chi connectivity index (χ4n) is 0.485. The van der Waals surface area contributed by atoms with E-state index in [9.17, 15) is 0 Å². The second-order valence-corrected chi connectivity index (χ2v) is 2.02. The molecule has 0 unspecified atom stereocenters. The van der Waals surface area contributed by atoms with E-state index in [4.69, 9.17) is 0 Å². The van der Waals surface area contributed by atoms with Crippen LogP contribution in [-0.2, 0) is 0 Å². The Balaban J connectivity index is 3.88. The van der Waals surface area contributed by atoms with Gasteiger partial charge in [0.25, 0.3) is 0 Å². The Morgan fingerprint density at radius 1 is 0.923 bits per heavy atom. The highest BCUT2D eigenvalue weighted by Crippen LogP contribution is 1.75. The van der Waals surface area contributed by atoms with E-state index in [-0.39, 0.29) is 0 Å². The van der Waals surface area contributed by atoms with Crippen molar-refractivity contribution >= 4 is 0 Å². The first-order chi connectivity index (χ1) is 6.41. The number of hydrogen-bond donors (Lipinski definition) is 0. The van der Waals surface area contributed by atoms with E-state index in [1.54, 1.807) is 18.2 Å². The molecule has 0 nitrogen and oxygen atoms in total. The quantitative estimate of drug-likeness (QED) is 0.439. The van der Waals surface area contributed by atoms with Crippen LogP contribution in [0.4, 0.5) is 0 Å². The van der Waals surface area contributed by atoms with Crippen LogP contribution in [0.15, 0.2) is 49.1 Å². The van der Waals surface area contributed by atoms with Gasteiger partial charge in [0.1, 0.15) is 0 Å². The van der Waals surface area contributed by atoms with Crippen LogP contribution in [0, 0.1) is 23.7 Å². The zero-order valence-electron chi connectivity index (χ0n) is 7.75. The van der Waals surface area contributed by atoms with Crippen LogP contribution in [0.1, 0.15) is 6.92 Å². The third-order valence-electron chi connectivity index (χ3n) is 0.995. The molecule has 0 radical (unpaired) electrons. The smallest absolute Gasteiger partial charge is 0.0102 e. The molecule has 64 valence electrons. The fourth-order valence-corrected chi connectivity index (χ4v) is 0.485. The average molecular weight is 168 g/mol. The van der Waals surface area contributed by atoms with Gasteiger partial charge in [0, 0.05) is 0 Å². The molecule has 0 heterocycles. The van der Waals surface area contributed by atoms with Crippen LogP contribution < -0.4 is 0 Å². The van der Waals surface area contributed by atoms with Gasteiger partial charge in [-0.25, -0.2) is 0 Å². The molecule has 0 aliphatic heterocycles. The maximum absolute atomic E-state index is 3.54. The Bertz CT molecular complexity index is 330. The Labute approximate surface area is 80.4 Å². The van der Waals surface area contributed by atoms with Gasteiger partial charge in [-0.05, 0) is 30.9 Å². The SMILES string of the molecule is C=C/C=C/C=C\C#CC#C/C=C\C. The molecule has 0 saturated heterocycles. The van der Waals surface area contributed by atoms with Gasteiger partial charge in [-0.3, -0.25) is 0 Å². The molecule has 0 aliphatic carbocycles. The van der Waals surface area contributed by atoms with Crippen molar-refractivity contribution in [1.29, 1.82) is 0 Å². The summed E-state index contributed by atoms with van der Waals surface area (Å²) in [5, 5.41) is 0. The predicted octanol–water partition coefficient (Wildman–Crippen LogP) is 2.87. The van der Waals surface area contributed by atoms with Crippen molar-refractivity contribution in [2.24, 2.45) is 0 Å². The van der Waals surface area contributed by atoms with Crippen molar-refractivity contribution < 1.29 is 0 Å². The highest BCUT2D eigenvalue weighted by molar-refractivity contribution is 5.34. The van der Waals surface area contributed by atoms with Crippen molar-refractivity contribution in [1.82, 2.24) is 0 Å². The minimum atomic E-state index is 1.71. The third kappa shape index (κ3) is 10.1. The van der Waals surface area contributed by atoms with Crippen molar-refractivity contribution in [3.8, 4) is 23.7 Å². The summed E-state index contributed by atoms with van der Waals surface area (Å²) in [4.78, 5) is 0. The Morgan fingerprint density at radius 2 is 1.62 bits per heavy atom. The molecule has 0 rings (SSSR count). The average Bonchev–Trinajstić information content (AvgIpc) is 2.16. The highest BCUT2D eigenvalue weighted by Gasteiger charge is 1.58. The van der Waals surface area contributed by atoms with Crippen LogP contribution in [0.25, 0.3) is 0 Å². The molecule has 0 aromatic rings. The van der Waals surface area contributed by atoms with E-state index >= 15 is 0 Å². The molecule has 0 atom stereocenters. The lowest BCUT2D eigenvalue weighted by atomic mass is 10.4. The van der Waals surface area contributed by atoms with Gasteiger partial charge < -0.3 is 0 Å². The van der Waals surface area contributed by atoms with Crippen molar-refractivity contribution in [2.75, 3.05) is 0 Å². The Kier molecular flexibility index (Phi) is 8.59. The van der Waals surface area contributed by atoms with Crippen molar-refractivity contribution in [3.05, 3.63) is 49.1 Å². The lowest BCUT2D eigenvalue weighted by Crippen LogP contribution is -1.52. The van der Waals surface area contributed by atoms with E-state index < -0.39 is 0 Å². The summed E-state index contributed by atoms with van der Waals surface area (Å²) in [5.74, 6) is 10.9. The monoisotopic (exact) mass is 168 g/mol. The molecule has 13 heavy (non-hydrogen) atoms. The lowest BCUT2D eigenvalue weighted by Gasteiger charge is -1.67. The molecule has 0 aromatic carbocycles. The predicted molar refractivity (Wildman–Crippen MR) is 58.8 cm³/mol. The molecule has 0 fully saturated rings. The third-order valence-corrected chi connectivity index (χ3v) is 0.995. The summed E-state index contributed by atoms with van der Waals surface area (Å²) < 4.78 is 0. The number of rotatable bonds is 2. The van der Waals surface area contributed by atoms with Crippen LogP contribution in [-0.4, -0.2) is 0 Å². The summed E-state index contributed by atoms with van der Waals surface area (Å²) in [6.45, 7) is 5.46. The Hall–Kier alpha value is -1.92. The van der Waals surface area contributed by atoms with E-state index in [0.717, 1.165) is 0 Å². The number of allylic oxidation sites excluding steroid dienone is 7. The molecule has 0 aromatic heterocycles. The van der Waals surface area contributed by atoms with Gasteiger partial charge in [-0.15, -0.1) is 0 Å². The molecule has 0 spiro atoms. The summed E-state index contributed by atoms with van der Waals surface area (Å²) in [5.41, 5.74) is 0. The van der Waals surface area contributed by atoms with Crippen LogP contribution in [0.3, 0.4) is 0 Å².